The minimum atomic E-state index is -0.596. The van der Waals surface area contributed by atoms with Gasteiger partial charge in [-0.25, -0.2) is 0 Å². The molecule has 1 aliphatic rings. The third-order valence-electron chi connectivity index (χ3n) is 3.16. The normalized spacial score (nSPS) is 18.7. The molecule has 19 heavy (non-hydrogen) atoms. The number of fused-ring (bicyclic) bond motifs is 1. The molecule has 0 aliphatic carbocycles. The molecular formula is C14H20N2O3. The summed E-state index contributed by atoms with van der Waals surface area (Å²) in [6.45, 7) is 2.82. The summed E-state index contributed by atoms with van der Waals surface area (Å²) in [5.41, 5.74) is 5.52. The number of carbonyl (C=O) groups is 1. The van der Waals surface area contributed by atoms with Crippen LogP contribution in [0.2, 0.25) is 0 Å². The molecule has 0 radical (unpaired) electrons. The summed E-state index contributed by atoms with van der Waals surface area (Å²) in [6, 6.07) is 7.44. The van der Waals surface area contributed by atoms with Crippen molar-refractivity contribution in [2.24, 2.45) is 5.73 Å². The average Bonchev–Trinajstić information content (AvgIpc) is 2.46. The molecule has 2 unspecified atom stereocenters. The van der Waals surface area contributed by atoms with E-state index in [0.717, 1.165) is 12.8 Å². The standard InChI is InChI=1S/C14H20N2O3/c1-2-10(7-8-15)16-14(17)13-9-18-11-5-3-4-6-12(11)19-13/h3-6,10,13H,2,7-9,15H2,1H3,(H,16,17). The first kappa shape index (κ1) is 13.7. The van der Waals surface area contributed by atoms with Crippen molar-refractivity contribution >= 4 is 5.91 Å². The second-order valence-electron chi connectivity index (χ2n) is 4.56. The van der Waals surface area contributed by atoms with Crippen molar-refractivity contribution in [3.05, 3.63) is 24.3 Å². The van der Waals surface area contributed by atoms with E-state index in [4.69, 9.17) is 15.2 Å². The fourth-order valence-electron chi connectivity index (χ4n) is 2.02. The van der Waals surface area contributed by atoms with Gasteiger partial charge in [0.2, 0.25) is 6.10 Å². The highest BCUT2D eigenvalue weighted by atomic mass is 16.6. The van der Waals surface area contributed by atoms with Gasteiger partial charge in [-0.2, -0.15) is 0 Å². The fourth-order valence-corrected chi connectivity index (χ4v) is 2.02. The van der Waals surface area contributed by atoms with Crippen LogP contribution in [0.5, 0.6) is 11.5 Å². The van der Waals surface area contributed by atoms with E-state index in [1.807, 2.05) is 25.1 Å². The molecule has 0 saturated heterocycles. The molecule has 0 spiro atoms. The van der Waals surface area contributed by atoms with Crippen molar-refractivity contribution in [3.8, 4) is 11.5 Å². The first-order chi connectivity index (χ1) is 9.24. The molecule has 0 fully saturated rings. The lowest BCUT2D eigenvalue weighted by Crippen LogP contribution is -2.47. The van der Waals surface area contributed by atoms with Gasteiger partial charge in [0, 0.05) is 6.04 Å². The van der Waals surface area contributed by atoms with E-state index in [-0.39, 0.29) is 18.6 Å². The number of nitrogens with two attached hydrogens (primary N) is 1. The molecular weight excluding hydrogens is 244 g/mol. The molecule has 0 aromatic heterocycles. The van der Waals surface area contributed by atoms with E-state index >= 15 is 0 Å². The first-order valence-corrected chi connectivity index (χ1v) is 6.63. The molecule has 2 atom stereocenters. The number of benzene rings is 1. The predicted molar refractivity (Wildman–Crippen MR) is 72.2 cm³/mol. The first-order valence-electron chi connectivity index (χ1n) is 6.63. The molecule has 1 heterocycles. The Bertz CT molecular complexity index is 436. The summed E-state index contributed by atoms with van der Waals surface area (Å²) in [7, 11) is 0. The zero-order valence-corrected chi connectivity index (χ0v) is 11.1. The summed E-state index contributed by atoms with van der Waals surface area (Å²) in [5, 5.41) is 2.94. The van der Waals surface area contributed by atoms with Crippen LogP contribution in [-0.4, -0.2) is 31.2 Å². The number of carbonyl (C=O) groups excluding carboxylic acids is 1. The number of hydrogen-bond acceptors (Lipinski definition) is 4. The molecule has 0 bridgehead atoms. The highest BCUT2D eigenvalue weighted by molar-refractivity contribution is 5.82. The predicted octanol–water partition coefficient (Wildman–Crippen LogP) is 1.07. The number of hydrogen-bond donors (Lipinski definition) is 2. The molecule has 5 nitrogen and oxygen atoms in total. The lowest BCUT2D eigenvalue weighted by Gasteiger charge is -2.27. The molecule has 3 N–H and O–H groups in total. The lowest BCUT2D eigenvalue weighted by molar-refractivity contribution is -0.131. The Hall–Kier alpha value is -1.75. The van der Waals surface area contributed by atoms with Gasteiger partial charge in [0.15, 0.2) is 11.5 Å². The van der Waals surface area contributed by atoms with Gasteiger partial charge in [0.1, 0.15) is 6.61 Å². The average molecular weight is 264 g/mol. The molecule has 104 valence electrons. The Kier molecular flexibility index (Phi) is 4.63. The Balaban J connectivity index is 1.95. The van der Waals surface area contributed by atoms with Crippen LogP contribution in [0.1, 0.15) is 19.8 Å². The number of rotatable bonds is 5. The van der Waals surface area contributed by atoms with Crippen molar-refractivity contribution in [2.75, 3.05) is 13.2 Å². The molecule has 2 rings (SSSR count). The van der Waals surface area contributed by atoms with Gasteiger partial charge in [-0.05, 0) is 31.5 Å². The maximum absolute atomic E-state index is 12.1. The molecule has 1 amide bonds. The van der Waals surface area contributed by atoms with Crippen LogP contribution in [0.15, 0.2) is 24.3 Å². The quantitative estimate of drug-likeness (QED) is 0.834. The minimum Gasteiger partial charge on any atom is -0.485 e. The fraction of sp³-hybridized carbons (Fsp3) is 0.500. The highest BCUT2D eigenvalue weighted by Crippen LogP contribution is 2.30. The Morgan fingerprint density at radius 1 is 1.47 bits per heavy atom. The number of nitrogens with one attached hydrogen (secondary N) is 1. The van der Waals surface area contributed by atoms with E-state index in [0.29, 0.717) is 18.0 Å². The van der Waals surface area contributed by atoms with E-state index in [2.05, 4.69) is 5.32 Å². The van der Waals surface area contributed by atoms with Crippen LogP contribution in [0.3, 0.4) is 0 Å². The molecule has 5 heteroatoms. The Morgan fingerprint density at radius 3 is 2.89 bits per heavy atom. The van der Waals surface area contributed by atoms with Gasteiger partial charge >= 0.3 is 0 Å². The second-order valence-corrected chi connectivity index (χ2v) is 4.56. The maximum Gasteiger partial charge on any atom is 0.264 e. The topological polar surface area (TPSA) is 73.6 Å². The van der Waals surface area contributed by atoms with Crippen molar-refractivity contribution in [1.29, 1.82) is 0 Å². The summed E-state index contributed by atoms with van der Waals surface area (Å²) in [6.07, 6.45) is 1.03. The zero-order chi connectivity index (χ0) is 13.7. The van der Waals surface area contributed by atoms with Crippen molar-refractivity contribution < 1.29 is 14.3 Å². The third kappa shape index (κ3) is 3.38. The number of ether oxygens (including phenoxy) is 2. The smallest absolute Gasteiger partial charge is 0.264 e. The highest BCUT2D eigenvalue weighted by Gasteiger charge is 2.28. The van der Waals surface area contributed by atoms with Crippen LogP contribution in [0.4, 0.5) is 0 Å². The van der Waals surface area contributed by atoms with Crippen LogP contribution in [0.25, 0.3) is 0 Å². The van der Waals surface area contributed by atoms with Gasteiger partial charge in [0.05, 0.1) is 0 Å². The number of para-hydroxylation sites is 2. The van der Waals surface area contributed by atoms with Crippen molar-refractivity contribution in [2.45, 2.75) is 31.9 Å². The summed E-state index contributed by atoms with van der Waals surface area (Å²) in [4.78, 5) is 12.1. The van der Waals surface area contributed by atoms with Crippen LogP contribution < -0.4 is 20.5 Å². The molecule has 1 aromatic carbocycles. The van der Waals surface area contributed by atoms with Crippen LogP contribution >= 0.6 is 0 Å². The van der Waals surface area contributed by atoms with E-state index in [9.17, 15) is 4.79 Å². The lowest BCUT2D eigenvalue weighted by atomic mass is 10.1. The van der Waals surface area contributed by atoms with E-state index < -0.39 is 6.10 Å². The van der Waals surface area contributed by atoms with Gasteiger partial charge in [-0.1, -0.05) is 19.1 Å². The van der Waals surface area contributed by atoms with Crippen LogP contribution in [-0.2, 0) is 4.79 Å². The summed E-state index contributed by atoms with van der Waals surface area (Å²) in [5.74, 6) is 1.15. The van der Waals surface area contributed by atoms with Crippen molar-refractivity contribution in [3.63, 3.8) is 0 Å². The van der Waals surface area contributed by atoms with Crippen LogP contribution in [0, 0.1) is 0 Å². The summed E-state index contributed by atoms with van der Waals surface area (Å²) < 4.78 is 11.2. The molecule has 1 aliphatic heterocycles. The van der Waals surface area contributed by atoms with E-state index in [1.54, 1.807) is 6.07 Å². The zero-order valence-electron chi connectivity index (χ0n) is 11.1. The number of amides is 1. The molecule has 1 aromatic rings. The minimum absolute atomic E-state index is 0.0956. The van der Waals surface area contributed by atoms with Gasteiger partial charge in [-0.15, -0.1) is 0 Å². The van der Waals surface area contributed by atoms with Gasteiger partial charge < -0.3 is 20.5 Å². The monoisotopic (exact) mass is 264 g/mol. The van der Waals surface area contributed by atoms with Gasteiger partial charge in [-0.3, -0.25) is 4.79 Å². The largest absolute Gasteiger partial charge is 0.485 e. The Morgan fingerprint density at radius 2 is 2.21 bits per heavy atom. The van der Waals surface area contributed by atoms with Crippen molar-refractivity contribution in [1.82, 2.24) is 5.32 Å². The van der Waals surface area contributed by atoms with Gasteiger partial charge in [0.25, 0.3) is 5.91 Å². The van der Waals surface area contributed by atoms with E-state index in [1.165, 1.54) is 0 Å². The third-order valence-corrected chi connectivity index (χ3v) is 3.16. The summed E-state index contributed by atoms with van der Waals surface area (Å²) >= 11 is 0. The molecule has 0 saturated carbocycles. The Labute approximate surface area is 113 Å². The maximum atomic E-state index is 12.1. The second kappa shape index (κ2) is 6.43. The SMILES string of the molecule is CCC(CCN)NC(=O)C1COc2ccccc2O1.